The van der Waals surface area contributed by atoms with Gasteiger partial charge >= 0.3 is 0 Å². The van der Waals surface area contributed by atoms with Crippen LogP contribution in [0.1, 0.15) is 18.4 Å². The van der Waals surface area contributed by atoms with E-state index in [1.54, 1.807) is 12.1 Å². The summed E-state index contributed by atoms with van der Waals surface area (Å²) in [6.45, 7) is 0. The lowest BCUT2D eigenvalue weighted by molar-refractivity contribution is 0.461. The Morgan fingerprint density at radius 1 is 1.33 bits per heavy atom. The lowest BCUT2D eigenvalue weighted by Crippen LogP contribution is -2.19. The van der Waals surface area contributed by atoms with Crippen LogP contribution >= 0.6 is 0 Å². The van der Waals surface area contributed by atoms with E-state index >= 15 is 0 Å². The van der Waals surface area contributed by atoms with Crippen molar-refractivity contribution in [3.63, 3.8) is 0 Å². The molecular formula is C11H14O3S. The third-order valence-electron chi connectivity index (χ3n) is 2.87. The minimum atomic E-state index is -3.00. The third-order valence-corrected chi connectivity index (χ3v) is 3.94. The van der Waals surface area contributed by atoms with Crippen LogP contribution in [0.5, 0.6) is 5.75 Å². The molecule has 1 aliphatic rings. The summed E-state index contributed by atoms with van der Waals surface area (Å²) in [7, 11) is -3.00. The largest absolute Gasteiger partial charge is 0.508 e. The molecule has 4 heteroatoms. The van der Waals surface area contributed by atoms with Gasteiger partial charge in [0.1, 0.15) is 15.6 Å². The van der Waals surface area contributed by atoms with Crippen molar-refractivity contribution in [2.75, 3.05) is 12.0 Å². The fourth-order valence-corrected chi connectivity index (χ4v) is 3.51. The summed E-state index contributed by atoms with van der Waals surface area (Å²) >= 11 is 0. The second kappa shape index (κ2) is 3.23. The maximum atomic E-state index is 11.3. The van der Waals surface area contributed by atoms with Crippen molar-refractivity contribution in [2.45, 2.75) is 18.3 Å². The summed E-state index contributed by atoms with van der Waals surface area (Å²) in [5, 5.41) is 9.69. The fourth-order valence-electron chi connectivity index (χ4n) is 2.07. The van der Waals surface area contributed by atoms with Crippen LogP contribution in [0, 0.1) is 0 Å². The van der Waals surface area contributed by atoms with Gasteiger partial charge in [0.2, 0.25) is 0 Å². The number of rotatable bonds is 3. The van der Waals surface area contributed by atoms with Gasteiger partial charge in [0, 0.05) is 17.2 Å². The summed E-state index contributed by atoms with van der Waals surface area (Å²) in [6, 6.07) is 7.00. The van der Waals surface area contributed by atoms with E-state index in [1.165, 1.54) is 6.26 Å². The molecule has 1 saturated carbocycles. The van der Waals surface area contributed by atoms with Crippen molar-refractivity contribution >= 4 is 9.84 Å². The van der Waals surface area contributed by atoms with Gasteiger partial charge < -0.3 is 5.11 Å². The van der Waals surface area contributed by atoms with Crippen molar-refractivity contribution in [1.82, 2.24) is 0 Å². The van der Waals surface area contributed by atoms with E-state index in [-0.39, 0.29) is 16.9 Å². The standard InChI is InChI=1S/C11H14O3S/c1-15(13,14)8-11(6-7-11)9-4-2-3-5-10(9)12/h2-5,12H,6-8H2,1H3. The van der Waals surface area contributed by atoms with Gasteiger partial charge in [-0.3, -0.25) is 0 Å². The van der Waals surface area contributed by atoms with Gasteiger partial charge in [0.05, 0.1) is 5.75 Å². The second-order valence-corrected chi connectivity index (χ2v) is 6.51. The van der Waals surface area contributed by atoms with Crippen LogP contribution in [-0.2, 0) is 15.3 Å². The lowest BCUT2D eigenvalue weighted by atomic mass is 9.97. The van der Waals surface area contributed by atoms with Crippen LogP contribution in [0.4, 0.5) is 0 Å². The maximum absolute atomic E-state index is 11.3. The Balaban J connectivity index is 2.35. The number of phenols is 1. The fraction of sp³-hybridized carbons (Fsp3) is 0.455. The molecule has 0 unspecified atom stereocenters. The van der Waals surface area contributed by atoms with Gasteiger partial charge in [0.25, 0.3) is 0 Å². The molecule has 0 bridgehead atoms. The Bertz CT molecular complexity index is 472. The number of sulfone groups is 1. The van der Waals surface area contributed by atoms with Crippen LogP contribution in [0.15, 0.2) is 24.3 Å². The Morgan fingerprint density at radius 3 is 2.40 bits per heavy atom. The molecule has 0 heterocycles. The number of phenolic OH excluding ortho intramolecular Hbond substituents is 1. The van der Waals surface area contributed by atoms with E-state index in [4.69, 9.17) is 0 Å². The Kier molecular flexibility index (Phi) is 2.26. The van der Waals surface area contributed by atoms with Crippen molar-refractivity contribution in [1.29, 1.82) is 0 Å². The molecule has 0 spiro atoms. The molecule has 0 aliphatic heterocycles. The first-order chi connectivity index (χ1) is 6.93. The molecule has 1 N–H and O–H groups in total. The van der Waals surface area contributed by atoms with Gasteiger partial charge in [-0.1, -0.05) is 18.2 Å². The van der Waals surface area contributed by atoms with Crippen molar-refractivity contribution in [3.05, 3.63) is 29.8 Å². The summed E-state index contributed by atoms with van der Waals surface area (Å²) in [4.78, 5) is 0. The molecule has 1 aromatic rings. The minimum Gasteiger partial charge on any atom is -0.508 e. The second-order valence-electron chi connectivity index (χ2n) is 4.37. The van der Waals surface area contributed by atoms with E-state index in [1.807, 2.05) is 12.1 Å². The predicted octanol–water partition coefficient (Wildman–Crippen LogP) is 1.47. The zero-order valence-corrected chi connectivity index (χ0v) is 9.42. The first-order valence-corrected chi connectivity index (χ1v) is 6.95. The van der Waals surface area contributed by atoms with Gasteiger partial charge in [-0.25, -0.2) is 8.42 Å². The smallest absolute Gasteiger partial charge is 0.148 e. The van der Waals surface area contributed by atoms with E-state index in [0.29, 0.717) is 0 Å². The quantitative estimate of drug-likeness (QED) is 0.849. The molecule has 0 aromatic heterocycles. The maximum Gasteiger partial charge on any atom is 0.148 e. The summed E-state index contributed by atoms with van der Waals surface area (Å²) < 4.78 is 22.6. The Labute approximate surface area is 89.7 Å². The number of para-hydroxylation sites is 1. The Morgan fingerprint density at radius 2 is 1.93 bits per heavy atom. The SMILES string of the molecule is CS(=O)(=O)CC1(c2ccccc2O)CC1. The molecule has 82 valence electrons. The summed E-state index contributed by atoms with van der Waals surface area (Å²) in [5.74, 6) is 0.344. The van der Waals surface area contributed by atoms with Gasteiger partial charge in [-0.2, -0.15) is 0 Å². The minimum absolute atomic E-state index is 0.136. The topological polar surface area (TPSA) is 54.4 Å². The lowest BCUT2D eigenvalue weighted by Gasteiger charge is -2.15. The normalized spacial score (nSPS) is 18.7. The van der Waals surface area contributed by atoms with Gasteiger partial charge in [-0.05, 0) is 18.9 Å². The van der Waals surface area contributed by atoms with E-state index < -0.39 is 9.84 Å². The Hall–Kier alpha value is -1.03. The zero-order valence-electron chi connectivity index (χ0n) is 8.60. The summed E-state index contributed by atoms with van der Waals surface area (Å²) in [5.41, 5.74) is 0.453. The highest BCUT2D eigenvalue weighted by Crippen LogP contribution is 2.51. The molecule has 3 nitrogen and oxygen atoms in total. The third kappa shape index (κ3) is 2.15. The van der Waals surface area contributed by atoms with Gasteiger partial charge in [0.15, 0.2) is 0 Å². The van der Waals surface area contributed by atoms with Crippen LogP contribution in [0.25, 0.3) is 0 Å². The summed E-state index contributed by atoms with van der Waals surface area (Å²) in [6.07, 6.45) is 2.93. The molecule has 1 aliphatic carbocycles. The molecule has 15 heavy (non-hydrogen) atoms. The molecule has 0 atom stereocenters. The number of hydrogen-bond acceptors (Lipinski definition) is 3. The van der Waals surface area contributed by atoms with E-state index in [2.05, 4.69) is 0 Å². The first kappa shape index (κ1) is 10.5. The molecule has 0 amide bonds. The number of benzene rings is 1. The number of aromatic hydroxyl groups is 1. The molecule has 2 rings (SSSR count). The van der Waals surface area contributed by atoms with Crippen molar-refractivity contribution < 1.29 is 13.5 Å². The molecule has 1 aromatic carbocycles. The molecule has 0 saturated heterocycles. The predicted molar refractivity (Wildman–Crippen MR) is 58.7 cm³/mol. The van der Waals surface area contributed by atoms with Crippen molar-refractivity contribution in [2.24, 2.45) is 0 Å². The zero-order chi connectivity index (χ0) is 11.1. The highest BCUT2D eigenvalue weighted by molar-refractivity contribution is 7.90. The highest BCUT2D eigenvalue weighted by Gasteiger charge is 2.48. The molecule has 1 fully saturated rings. The molecular weight excluding hydrogens is 212 g/mol. The molecule has 0 radical (unpaired) electrons. The average molecular weight is 226 g/mol. The monoisotopic (exact) mass is 226 g/mol. The first-order valence-electron chi connectivity index (χ1n) is 4.89. The van der Waals surface area contributed by atoms with Crippen LogP contribution in [0.2, 0.25) is 0 Å². The van der Waals surface area contributed by atoms with Gasteiger partial charge in [-0.15, -0.1) is 0 Å². The van der Waals surface area contributed by atoms with Crippen LogP contribution in [-0.4, -0.2) is 25.5 Å². The van der Waals surface area contributed by atoms with E-state index in [0.717, 1.165) is 18.4 Å². The van der Waals surface area contributed by atoms with Crippen LogP contribution < -0.4 is 0 Å². The van der Waals surface area contributed by atoms with Crippen molar-refractivity contribution in [3.8, 4) is 5.75 Å². The van der Waals surface area contributed by atoms with Crippen LogP contribution in [0.3, 0.4) is 0 Å². The number of hydrogen-bond donors (Lipinski definition) is 1. The average Bonchev–Trinajstić information content (AvgIpc) is 2.83. The highest BCUT2D eigenvalue weighted by atomic mass is 32.2. The van der Waals surface area contributed by atoms with E-state index in [9.17, 15) is 13.5 Å².